The number of aromatic nitrogens is 2. The normalized spacial score (nSPS) is 21.7. The van der Waals surface area contributed by atoms with Gasteiger partial charge in [-0.15, -0.1) is 0 Å². The summed E-state index contributed by atoms with van der Waals surface area (Å²) in [5.74, 6) is 1.24. The standard InChI is InChI=1S/C33H39N7O2/c1-6-30(41)40-16-15-39(20-25(40)18-34-3)32-26-13-14-38(28-12-8-11-23-10-7-9-22(2)31(23)28)21-27(26)35-33(36-32)42-29-17-24(29)19-37(4)5/h6-12,24-25,29H,1,13-21H2,2,4-5H3/t24-,25-,29+/m0/s1. The van der Waals surface area contributed by atoms with Crippen molar-refractivity contribution in [2.75, 3.05) is 63.2 Å². The molecule has 0 unspecified atom stereocenters. The zero-order valence-electron chi connectivity index (χ0n) is 24.8. The number of benzene rings is 2. The van der Waals surface area contributed by atoms with Crippen LogP contribution in [0, 0.1) is 19.4 Å². The van der Waals surface area contributed by atoms with Crippen molar-refractivity contribution in [3.05, 3.63) is 77.3 Å². The summed E-state index contributed by atoms with van der Waals surface area (Å²) < 4.78 is 6.40. The summed E-state index contributed by atoms with van der Waals surface area (Å²) in [7, 11) is 4.17. The lowest BCUT2D eigenvalue weighted by Gasteiger charge is -2.41. The van der Waals surface area contributed by atoms with E-state index in [1.807, 2.05) is 0 Å². The molecular weight excluding hydrogens is 526 g/mol. The minimum absolute atomic E-state index is 0.121. The molecule has 9 nitrogen and oxygen atoms in total. The average molecular weight is 566 g/mol. The average Bonchev–Trinajstić information content (AvgIpc) is 3.71. The molecule has 3 aliphatic rings. The summed E-state index contributed by atoms with van der Waals surface area (Å²) in [5.41, 5.74) is 4.62. The Hall–Kier alpha value is -4.16. The first kappa shape index (κ1) is 28.0. The number of amides is 1. The summed E-state index contributed by atoms with van der Waals surface area (Å²) in [5, 5.41) is 2.52. The van der Waals surface area contributed by atoms with Crippen LogP contribution in [-0.2, 0) is 17.8 Å². The van der Waals surface area contributed by atoms with Gasteiger partial charge in [-0.3, -0.25) is 4.79 Å². The first-order chi connectivity index (χ1) is 20.4. The maximum absolute atomic E-state index is 12.5. The number of carbonyl (C=O) groups is 1. The number of anilines is 2. The zero-order chi connectivity index (χ0) is 29.4. The van der Waals surface area contributed by atoms with E-state index in [0.29, 0.717) is 38.1 Å². The Morgan fingerprint density at radius 2 is 1.98 bits per heavy atom. The highest BCUT2D eigenvalue weighted by atomic mass is 16.5. The largest absolute Gasteiger partial charge is 0.460 e. The third-order valence-electron chi connectivity index (χ3n) is 8.71. The Morgan fingerprint density at radius 1 is 1.17 bits per heavy atom. The molecule has 0 N–H and O–H groups in total. The van der Waals surface area contributed by atoms with Crippen LogP contribution >= 0.6 is 0 Å². The van der Waals surface area contributed by atoms with E-state index in [1.165, 1.54) is 28.1 Å². The molecule has 1 aliphatic carbocycles. The van der Waals surface area contributed by atoms with Gasteiger partial charge < -0.3 is 29.2 Å². The van der Waals surface area contributed by atoms with E-state index in [4.69, 9.17) is 21.3 Å². The van der Waals surface area contributed by atoms with Crippen LogP contribution in [0.1, 0.15) is 23.2 Å². The maximum Gasteiger partial charge on any atom is 0.318 e. The Labute approximate surface area is 248 Å². The van der Waals surface area contributed by atoms with E-state index in [9.17, 15) is 4.79 Å². The smallest absolute Gasteiger partial charge is 0.318 e. The maximum atomic E-state index is 12.5. The summed E-state index contributed by atoms with van der Waals surface area (Å²) in [6.07, 6.45) is 3.27. The van der Waals surface area contributed by atoms with Crippen LogP contribution in [0.4, 0.5) is 11.5 Å². The van der Waals surface area contributed by atoms with Gasteiger partial charge in [-0.25, -0.2) is 6.57 Å². The van der Waals surface area contributed by atoms with Gasteiger partial charge in [0, 0.05) is 55.3 Å². The summed E-state index contributed by atoms with van der Waals surface area (Å²) in [4.78, 5) is 34.8. The van der Waals surface area contributed by atoms with E-state index in [0.717, 1.165) is 43.0 Å². The van der Waals surface area contributed by atoms with Crippen molar-refractivity contribution in [3.8, 4) is 6.01 Å². The van der Waals surface area contributed by atoms with Gasteiger partial charge in [0.15, 0.2) is 0 Å². The van der Waals surface area contributed by atoms with Crippen LogP contribution in [0.25, 0.3) is 15.6 Å². The van der Waals surface area contributed by atoms with Gasteiger partial charge in [-0.2, -0.15) is 9.97 Å². The monoisotopic (exact) mass is 565 g/mol. The lowest BCUT2D eigenvalue weighted by Crippen LogP contribution is -2.56. The molecule has 2 aromatic carbocycles. The highest BCUT2D eigenvalue weighted by Crippen LogP contribution is 2.38. The minimum atomic E-state index is -0.219. The second-order valence-electron chi connectivity index (χ2n) is 12.0. The van der Waals surface area contributed by atoms with Gasteiger partial charge in [0.25, 0.3) is 0 Å². The number of aryl methyl sites for hydroxylation is 1. The van der Waals surface area contributed by atoms with Crippen molar-refractivity contribution < 1.29 is 9.53 Å². The third-order valence-corrected chi connectivity index (χ3v) is 8.71. The Kier molecular flexibility index (Phi) is 7.74. The molecule has 2 aliphatic heterocycles. The molecule has 3 atom stereocenters. The second-order valence-corrected chi connectivity index (χ2v) is 12.0. The topological polar surface area (TPSA) is 69.4 Å². The van der Waals surface area contributed by atoms with Gasteiger partial charge in [-0.1, -0.05) is 36.9 Å². The van der Waals surface area contributed by atoms with Crippen molar-refractivity contribution >= 4 is 28.2 Å². The summed E-state index contributed by atoms with van der Waals surface area (Å²) >= 11 is 0. The molecule has 1 saturated heterocycles. The molecule has 42 heavy (non-hydrogen) atoms. The summed E-state index contributed by atoms with van der Waals surface area (Å²) in [6, 6.07) is 13.2. The predicted molar refractivity (Wildman–Crippen MR) is 166 cm³/mol. The number of hydrogen-bond donors (Lipinski definition) is 0. The lowest BCUT2D eigenvalue weighted by molar-refractivity contribution is -0.128. The van der Waals surface area contributed by atoms with E-state index >= 15 is 0 Å². The van der Waals surface area contributed by atoms with Crippen molar-refractivity contribution in [3.63, 3.8) is 0 Å². The third kappa shape index (κ3) is 5.51. The number of hydrogen-bond acceptors (Lipinski definition) is 7. The van der Waals surface area contributed by atoms with Crippen LogP contribution < -0.4 is 14.5 Å². The number of piperazine rings is 1. The fourth-order valence-corrected chi connectivity index (χ4v) is 6.55. The first-order valence-electron chi connectivity index (χ1n) is 14.8. The number of ether oxygens (including phenoxy) is 1. The predicted octanol–water partition coefficient (Wildman–Crippen LogP) is 3.95. The molecule has 0 spiro atoms. The molecule has 0 bridgehead atoms. The van der Waals surface area contributed by atoms with Crippen LogP contribution in [0.5, 0.6) is 6.01 Å². The van der Waals surface area contributed by atoms with E-state index in [1.54, 1.807) is 4.90 Å². The SMILES string of the molecule is [C-]#[N+]C[C@H]1CN(c2nc(O[C@@H]3C[C@H]3CN(C)C)nc3c2CCN(c2cccc4cccc(C)c24)C3)CCN1C(=O)C=C. The molecular formula is C33H39N7O2. The highest BCUT2D eigenvalue weighted by molar-refractivity contribution is 5.97. The number of nitrogens with zero attached hydrogens (tertiary/aromatic N) is 7. The molecule has 6 rings (SSSR count). The molecule has 9 heteroatoms. The van der Waals surface area contributed by atoms with Gasteiger partial charge in [-0.05, 0) is 57.0 Å². The van der Waals surface area contributed by atoms with Gasteiger partial charge >= 0.3 is 6.01 Å². The number of fused-ring (bicyclic) bond motifs is 2. The molecule has 1 saturated carbocycles. The van der Waals surface area contributed by atoms with E-state index < -0.39 is 0 Å². The molecule has 3 aromatic rings. The van der Waals surface area contributed by atoms with Gasteiger partial charge in [0.1, 0.15) is 18.0 Å². The fourth-order valence-electron chi connectivity index (χ4n) is 6.55. The molecule has 1 aromatic heterocycles. The van der Waals surface area contributed by atoms with E-state index in [2.05, 4.69) is 83.5 Å². The minimum Gasteiger partial charge on any atom is -0.460 e. The Balaban J connectivity index is 1.34. The van der Waals surface area contributed by atoms with Gasteiger partial charge in [0.2, 0.25) is 12.5 Å². The molecule has 2 fully saturated rings. The van der Waals surface area contributed by atoms with Crippen molar-refractivity contribution in [2.45, 2.75) is 38.5 Å². The molecule has 1 amide bonds. The Morgan fingerprint density at radius 3 is 2.74 bits per heavy atom. The molecule has 0 radical (unpaired) electrons. The Bertz CT molecular complexity index is 1540. The van der Waals surface area contributed by atoms with Crippen molar-refractivity contribution in [2.24, 2.45) is 5.92 Å². The van der Waals surface area contributed by atoms with E-state index in [-0.39, 0.29) is 24.6 Å². The number of carbonyl (C=O) groups excluding carboxylic acids is 1. The lowest BCUT2D eigenvalue weighted by atomic mass is 9.99. The van der Waals surface area contributed by atoms with Crippen LogP contribution in [0.3, 0.4) is 0 Å². The second kappa shape index (κ2) is 11.6. The van der Waals surface area contributed by atoms with Crippen LogP contribution in [0.15, 0.2) is 49.1 Å². The summed E-state index contributed by atoms with van der Waals surface area (Å²) in [6.45, 7) is 17.8. The van der Waals surface area contributed by atoms with Gasteiger partial charge in [0.05, 0.1) is 12.2 Å². The molecule has 218 valence electrons. The van der Waals surface area contributed by atoms with Crippen molar-refractivity contribution in [1.29, 1.82) is 0 Å². The molecule has 3 heterocycles. The zero-order valence-corrected chi connectivity index (χ0v) is 24.8. The highest BCUT2D eigenvalue weighted by Gasteiger charge is 2.41. The van der Waals surface area contributed by atoms with Crippen LogP contribution in [0.2, 0.25) is 0 Å². The fraction of sp³-hybridized carbons (Fsp3) is 0.455. The quantitative estimate of drug-likeness (QED) is 0.303. The van der Waals surface area contributed by atoms with Crippen molar-refractivity contribution in [1.82, 2.24) is 19.8 Å². The first-order valence-corrected chi connectivity index (χ1v) is 14.8. The number of rotatable bonds is 8. The van der Waals surface area contributed by atoms with Crippen LogP contribution in [-0.4, -0.2) is 91.2 Å².